The second-order valence-corrected chi connectivity index (χ2v) is 4.98. The lowest BCUT2D eigenvalue weighted by molar-refractivity contribution is -0.147. The standard InChI is InChI=1S/C14H19NO3/c1-14(15,13(16)17-2)9-18-12-7-6-10-4-3-5-11(10)8-12/h6-8H,3-5,9,15H2,1-2H3. The molecule has 98 valence electrons. The summed E-state index contributed by atoms with van der Waals surface area (Å²) in [4.78, 5) is 11.4. The minimum Gasteiger partial charge on any atom is -0.491 e. The van der Waals surface area contributed by atoms with E-state index >= 15 is 0 Å². The second kappa shape index (κ2) is 4.98. The zero-order valence-electron chi connectivity index (χ0n) is 10.9. The zero-order valence-corrected chi connectivity index (χ0v) is 10.9. The van der Waals surface area contributed by atoms with Gasteiger partial charge in [0.2, 0.25) is 0 Å². The number of hydrogen-bond acceptors (Lipinski definition) is 4. The highest BCUT2D eigenvalue weighted by Gasteiger charge is 2.30. The second-order valence-electron chi connectivity index (χ2n) is 4.98. The molecule has 4 heteroatoms. The molecule has 2 N–H and O–H groups in total. The van der Waals surface area contributed by atoms with E-state index in [0.717, 1.165) is 18.6 Å². The summed E-state index contributed by atoms with van der Waals surface area (Å²) < 4.78 is 10.2. The number of ether oxygens (including phenoxy) is 2. The third-order valence-corrected chi connectivity index (χ3v) is 3.26. The molecule has 0 radical (unpaired) electrons. The van der Waals surface area contributed by atoms with Crippen LogP contribution in [0.15, 0.2) is 18.2 Å². The quantitative estimate of drug-likeness (QED) is 0.820. The Labute approximate surface area is 107 Å². The molecule has 0 heterocycles. The maximum atomic E-state index is 11.4. The Bertz CT molecular complexity index is 454. The zero-order chi connectivity index (χ0) is 13.2. The third-order valence-electron chi connectivity index (χ3n) is 3.26. The monoisotopic (exact) mass is 249 g/mol. The van der Waals surface area contributed by atoms with E-state index in [1.54, 1.807) is 6.92 Å². The van der Waals surface area contributed by atoms with Crippen LogP contribution in [0.25, 0.3) is 0 Å². The first kappa shape index (κ1) is 12.9. The molecule has 1 aromatic carbocycles. The van der Waals surface area contributed by atoms with Crippen molar-refractivity contribution in [2.24, 2.45) is 5.73 Å². The number of hydrogen-bond donors (Lipinski definition) is 1. The van der Waals surface area contributed by atoms with E-state index in [1.807, 2.05) is 12.1 Å². The summed E-state index contributed by atoms with van der Waals surface area (Å²) in [5, 5.41) is 0. The highest BCUT2D eigenvalue weighted by molar-refractivity contribution is 5.80. The molecular weight excluding hydrogens is 230 g/mol. The van der Waals surface area contributed by atoms with E-state index in [-0.39, 0.29) is 6.61 Å². The normalized spacial score (nSPS) is 16.8. The number of aryl methyl sites for hydroxylation is 2. The molecule has 1 unspecified atom stereocenters. The van der Waals surface area contributed by atoms with Crippen molar-refractivity contribution in [1.82, 2.24) is 0 Å². The molecule has 1 aliphatic carbocycles. The van der Waals surface area contributed by atoms with Gasteiger partial charge in [0.15, 0.2) is 0 Å². The molecule has 0 aliphatic heterocycles. The smallest absolute Gasteiger partial charge is 0.329 e. The Morgan fingerprint density at radius 2 is 2.11 bits per heavy atom. The summed E-state index contributed by atoms with van der Waals surface area (Å²) in [6, 6.07) is 6.05. The van der Waals surface area contributed by atoms with Crippen LogP contribution in [0.2, 0.25) is 0 Å². The van der Waals surface area contributed by atoms with Gasteiger partial charge in [0.05, 0.1) is 7.11 Å². The molecule has 0 fully saturated rings. The lowest BCUT2D eigenvalue weighted by Gasteiger charge is -2.21. The van der Waals surface area contributed by atoms with E-state index in [2.05, 4.69) is 10.8 Å². The molecule has 0 bridgehead atoms. The summed E-state index contributed by atoms with van der Waals surface area (Å²) in [6.07, 6.45) is 3.45. The lowest BCUT2D eigenvalue weighted by atomic mass is 10.1. The van der Waals surface area contributed by atoms with Gasteiger partial charge in [-0.3, -0.25) is 0 Å². The molecule has 18 heavy (non-hydrogen) atoms. The van der Waals surface area contributed by atoms with Crippen molar-refractivity contribution in [3.8, 4) is 5.75 Å². The Hall–Kier alpha value is -1.55. The van der Waals surface area contributed by atoms with Gasteiger partial charge in [-0.25, -0.2) is 4.79 Å². The first-order valence-electron chi connectivity index (χ1n) is 6.15. The summed E-state index contributed by atoms with van der Waals surface area (Å²) in [6.45, 7) is 1.71. The van der Waals surface area contributed by atoms with Crippen molar-refractivity contribution in [2.75, 3.05) is 13.7 Å². The van der Waals surface area contributed by atoms with Gasteiger partial charge < -0.3 is 15.2 Å². The number of nitrogens with two attached hydrogens (primary N) is 1. The van der Waals surface area contributed by atoms with E-state index < -0.39 is 11.5 Å². The summed E-state index contributed by atoms with van der Waals surface area (Å²) in [5.74, 6) is 0.292. The highest BCUT2D eigenvalue weighted by Crippen LogP contribution is 2.26. The number of esters is 1. The van der Waals surface area contributed by atoms with Crippen molar-refractivity contribution in [1.29, 1.82) is 0 Å². The molecule has 1 aromatic rings. The lowest BCUT2D eigenvalue weighted by Crippen LogP contribution is -2.50. The van der Waals surface area contributed by atoms with Crippen LogP contribution < -0.4 is 10.5 Å². The van der Waals surface area contributed by atoms with Gasteiger partial charge >= 0.3 is 5.97 Å². The number of fused-ring (bicyclic) bond motifs is 1. The number of carbonyl (C=O) groups is 1. The summed E-state index contributed by atoms with van der Waals surface area (Å²) >= 11 is 0. The van der Waals surface area contributed by atoms with Crippen LogP contribution in [0.5, 0.6) is 5.75 Å². The largest absolute Gasteiger partial charge is 0.491 e. The van der Waals surface area contributed by atoms with E-state index in [0.29, 0.717) is 0 Å². The Morgan fingerprint density at radius 1 is 1.39 bits per heavy atom. The van der Waals surface area contributed by atoms with E-state index in [1.165, 1.54) is 24.7 Å². The van der Waals surface area contributed by atoms with Crippen LogP contribution in [0.1, 0.15) is 24.5 Å². The van der Waals surface area contributed by atoms with Crippen molar-refractivity contribution in [3.63, 3.8) is 0 Å². The first-order chi connectivity index (χ1) is 8.53. The number of carbonyl (C=O) groups excluding carboxylic acids is 1. The molecule has 0 amide bonds. The molecule has 2 rings (SSSR count). The van der Waals surface area contributed by atoms with Crippen molar-refractivity contribution >= 4 is 5.97 Å². The molecule has 0 aromatic heterocycles. The summed E-state index contributed by atoms with van der Waals surface area (Å²) in [5.41, 5.74) is 7.45. The third kappa shape index (κ3) is 2.64. The number of methoxy groups -OCH3 is 1. The number of rotatable bonds is 4. The number of benzene rings is 1. The fourth-order valence-electron chi connectivity index (χ4n) is 2.16. The van der Waals surface area contributed by atoms with Crippen molar-refractivity contribution in [2.45, 2.75) is 31.7 Å². The van der Waals surface area contributed by atoms with Gasteiger partial charge in [0, 0.05) is 0 Å². The first-order valence-corrected chi connectivity index (χ1v) is 6.15. The predicted molar refractivity (Wildman–Crippen MR) is 68.6 cm³/mol. The molecule has 1 atom stereocenters. The molecular formula is C14H19NO3. The van der Waals surface area contributed by atoms with Gasteiger partial charge in [-0.05, 0) is 49.4 Å². The average molecular weight is 249 g/mol. The molecule has 1 aliphatic rings. The average Bonchev–Trinajstić information content (AvgIpc) is 2.82. The van der Waals surface area contributed by atoms with Crippen LogP contribution in [0.3, 0.4) is 0 Å². The van der Waals surface area contributed by atoms with E-state index in [4.69, 9.17) is 10.5 Å². The Balaban J connectivity index is 2.00. The topological polar surface area (TPSA) is 61.5 Å². The fourth-order valence-corrected chi connectivity index (χ4v) is 2.16. The Kier molecular flexibility index (Phi) is 3.57. The van der Waals surface area contributed by atoms with Gasteiger partial charge in [-0.1, -0.05) is 6.07 Å². The SMILES string of the molecule is COC(=O)C(C)(N)COc1ccc2c(c1)CCC2. The molecule has 0 spiro atoms. The summed E-state index contributed by atoms with van der Waals surface area (Å²) in [7, 11) is 1.32. The van der Waals surface area contributed by atoms with Crippen molar-refractivity contribution < 1.29 is 14.3 Å². The Morgan fingerprint density at radius 3 is 2.83 bits per heavy atom. The van der Waals surface area contributed by atoms with E-state index in [9.17, 15) is 4.79 Å². The van der Waals surface area contributed by atoms with Gasteiger partial charge in [-0.15, -0.1) is 0 Å². The van der Waals surface area contributed by atoms with Crippen LogP contribution in [-0.4, -0.2) is 25.2 Å². The van der Waals surface area contributed by atoms with Crippen LogP contribution in [-0.2, 0) is 22.4 Å². The minimum atomic E-state index is -1.12. The predicted octanol–water partition coefficient (Wildman–Crippen LogP) is 1.44. The maximum absolute atomic E-state index is 11.4. The maximum Gasteiger partial charge on any atom is 0.329 e. The highest BCUT2D eigenvalue weighted by atomic mass is 16.5. The van der Waals surface area contributed by atoms with Crippen molar-refractivity contribution in [3.05, 3.63) is 29.3 Å². The van der Waals surface area contributed by atoms with Crippen LogP contribution >= 0.6 is 0 Å². The van der Waals surface area contributed by atoms with Crippen LogP contribution in [0, 0.1) is 0 Å². The van der Waals surface area contributed by atoms with Gasteiger partial charge in [-0.2, -0.15) is 0 Å². The van der Waals surface area contributed by atoms with Gasteiger partial charge in [0.1, 0.15) is 17.9 Å². The van der Waals surface area contributed by atoms with Crippen LogP contribution in [0.4, 0.5) is 0 Å². The molecule has 0 saturated carbocycles. The molecule has 0 saturated heterocycles. The minimum absolute atomic E-state index is 0.110. The fraction of sp³-hybridized carbons (Fsp3) is 0.500. The molecule has 4 nitrogen and oxygen atoms in total. The van der Waals surface area contributed by atoms with Gasteiger partial charge in [0.25, 0.3) is 0 Å².